The molecule has 0 saturated heterocycles. The Balaban J connectivity index is 2.91. The molecule has 0 atom stereocenters. The Bertz CT molecular complexity index is 517. The summed E-state index contributed by atoms with van der Waals surface area (Å²) in [7, 11) is 1.79. The van der Waals surface area contributed by atoms with E-state index < -0.39 is 0 Å². The van der Waals surface area contributed by atoms with Gasteiger partial charge in [-0.2, -0.15) is 5.10 Å². The molecule has 2 aromatic rings. The fourth-order valence-corrected chi connectivity index (χ4v) is 2.27. The van der Waals surface area contributed by atoms with Crippen molar-refractivity contribution in [2.75, 3.05) is 0 Å². The van der Waals surface area contributed by atoms with E-state index in [4.69, 9.17) is 23.2 Å². The molecule has 0 N–H and O–H groups in total. The Morgan fingerprint density at radius 1 is 1.33 bits per heavy atom. The van der Waals surface area contributed by atoms with E-state index in [2.05, 4.69) is 23.9 Å². The lowest BCUT2D eigenvalue weighted by Crippen LogP contribution is -1.92. The van der Waals surface area contributed by atoms with E-state index >= 15 is 0 Å². The minimum absolute atomic E-state index is 0.296. The molecule has 0 unspecified atom stereocenters. The van der Waals surface area contributed by atoms with Crippen LogP contribution in [0.5, 0.6) is 0 Å². The largest absolute Gasteiger partial charge is 0.254 e. The first-order valence-corrected chi connectivity index (χ1v) is 5.44. The number of hydrogen-bond acceptors (Lipinski definition) is 2. The zero-order valence-electron chi connectivity index (χ0n) is 8.75. The van der Waals surface area contributed by atoms with Gasteiger partial charge in [0, 0.05) is 13.2 Å². The number of nitrogens with zero attached hydrogens (tertiary/aromatic N) is 3. The van der Waals surface area contributed by atoms with Crippen LogP contribution >= 0.6 is 23.2 Å². The van der Waals surface area contributed by atoms with E-state index in [1.165, 1.54) is 0 Å². The molecular formula is C10H11Cl2N3. The van der Waals surface area contributed by atoms with Gasteiger partial charge in [-0.15, -0.1) is 0 Å². The van der Waals surface area contributed by atoms with E-state index in [1.54, 1.807) is 17.9 Å². The SMILES string of the molecule is CC(C)c1c(Cl)cnc2nn(C)c(Cl)c12. The number of pyridine rings is 1. The number of fused-ring (bicyclic) bond motifs is 1. The van der Waals surface area contributed by atoms with Crippen molar-refractivity contribution in [2.24, 2.45) is 7.05 Å². The smallest absolute Gasteiger partial charge is 0.183 e. The lowest BCUT2D eigenvalue weighted by atomic mass is 10.0. The molecule has 2 rings (SSSR count). The third kappa shape index (κ3) is 1.60. The molecule has 0 aromatic carbocycles. The lowest BCUT2D eigenvalue weighted by molar-refractivity contribution is 0.776. The molecule has 0 radical (unpaired) electrons. The first-order chi connectivity index (χ1) is 7.02. The van der Waals surface area contributed by atoms with Gasteiger partial charge in [-0.1, -0.05) is 37.0 Å². The van der Waals surface area contributed by atoms with Gasteiger partial charge in [0.25, 0.3) is 0 Å². The van der Waals surface area contributed by atoms with Gasteiger partial charge in [-0.05, 0) is 11.5 Å². The van der Waals surface area contributed by atoms with Crippen LogP contribution < -0.4 is 0 Å². The van der Waals surface area contributed by atoms with Crippen molar-refractivity contribution in [3.63, 3.8) is 0 Å². The first kappa shape index (κ1) is 10.7. The Morgan fingerprint density at radius 2 is 2.00 bits per heavy atom. The van der Waals surface area contributed by atoms with Crippen LogP contribution in [0.2, 0.25) is 10.2 Å². The van der Waals surface area contributed by atoms with E-state index in [9.17, 15) is 0 Å². The van der Waals surface area contributed by atoms with Crippen LogP contribution in [0, 0.1) is 0 Å². The molecule has 5 heteroatoms. The van der Waals surface area contributed by atoms with E-state index in [0.717, 1.165) is 10.9 Å². The van der Waals surface area contributed by atoms with E-state index in [1.807, 2.05) is 0 Å². The van der Waals surface area contributed by atoms with Crippen molar-refractivity contribution in [1.82, 2.24) is 14.8 Å². The minimum atomic E-state index is 0.296. The molecule has 15 heavy (non-hydrogen) atoms. The number of aryl methyl sites for hydroxylation is 1. The Labute approximate surface area is 98.0 Å². The molecule has 0 spiro atoms. The molecule has 0 aliphatic rings. The minimum Gasteiger partial charge on any atom is -0.254 e. The summed E-state index contributed by atoms with van der Waals surface area (Å²) >= 11 is 12.3. The zero-order chi connectivity index (χ0) is 11.2. The molecule has 0 aliphatic heterocycles. The predicted octanol–water partition coefficient (Wildman–Crippen LogP) is 3.40. The molecule has 2 heterocycles. The quantitative estimate of drug-likeness (QED) is 0.769. The summed E-state index contributed by atoms with van der Waals surface area (Å²) in [6.45, 7) is 4.15. The summed E-state index contributed by atoms with van der Waals surface area (Å²) in [5.74, 6) is 0.296. The highest BCUT2D eigenvalue weighted by Gasteiger charge is 2.17. The summed E-state index contributed by atoms with van der Waals surface area (Å²) in [5, 5.41) is 6.31. The highest BCUT2D eigenvalue weighted by molar-refractivity contribution is 6.36. The van der Waals surface area contributed by atoms with Crippen molar-refractivity contribution in [3.05, 3.63) is 21.9 Å². The van der Waals surface area contributed by atoms with Crippen molar-refractivity contribution < 1.29 is 0 Å². The van der Waals surface area contributed by atoms with Crippen LogP contribution in [0.1, 0.15) is 25.3 Å². The third-order valence-corrected chi connectivity index (χ3v) is 3.10. The molecule has 2 aromatic heterocycles. The van der Waals surface area contributed by atoms with Gasteiger partial charge in [-0.25, -0.2) is 4.98 Å². The Kier molecular flexibility index (Phi) is 2.61. The molecule has 3 nitrogen and oxygen atoms in total. The van der Waals surface area contributed by atoms with Gasteiger partial charge in [0.2, 0.25) is 0 Å². The summed E-state index contributed by atoms with van der Waals surface area (Å²) < 4.78 is 1.61. The van der Waals surface area contributed by atoms with Crippen LogP contribution in [-0.4, -0.2) is 14.8 Å². The number of hydrogen-bond donors (Lipinski definition) is 0. The molecular weight excluding hydrogens is 233 g/mol. The Hall–Kier alpha value is -0.800. The van der Waals surface area contributed by atoms with Gasteiger partial charge in [0.1, 0.15) is 5.15 Å². The number of aromatic nitrogens is 3. The second-order valence-electron chi connectivity index (χ2n) is 3.79. The van der Waals surface area contributed by atoms with Crippen LogP contribution in [0.15, 0.2) is 6.20 Å². The number of rotatable bonds is 1. The topological polar surface area (TPSA) is 30.7 Å². The monoisotopic (exact) mass is 243 g/mol. The van der Waals surface area contributed by atoms with Crippen molar-refractivity contribution in [3.8, 4) is 0 Å². The van der Waals surface area contributed by atoms with Crippen LogP contribution in [-0.2, 0) is 7.05 Å². The molecule has 0 aliphatic carbocycles. The zero-order valence-corrected chi connectivity index (χ0v) is 10.3. The van der Waals surface area contributed by atoms with Gasteiger partial charge in [0.05, 0.1) is 10.4 Å². The highest BCUT2D eigenvalue weighted by Crippen LogP contribution is 2.34. The van der Waals surface area contributed by atoms with Gasteiger partial charge in [0.15, 0.2) is 5.65 Å². The lowest BCUT2D eigenvalue weighted by Gasteiger charge is -2.08. The van der Waals surface area contributed by atoms with Gasteiger partial charge >= 0.3 is 0 Å². The fraction of sp³-hybridized carbons (Fsp3) is 0.400. The summed E-state index contributed by atoms with van der Waals surface area (Å²) in [4.78, 5) is 4.16. The maximum absolute atomic E-state index is 6.16. The normalized spacial score (nSPS) is 11.6. The average Bonchev–Trinajstić information content (AvgIpc) is 2.44. The molecule has 0 saturated carbocycles. The van der Waals surface area contributed by atoms with Crippen molar-refractivity contribution in [1.29, 1.82) is 0 Å². The maximum Gasteiger partial charge on any atom is 0.183 e. The van der Waals surface area contributed by atoms with Crippen molar-refractivity contribution >= 4 is 34.2 Å². The van der Waals surface area contributed by atoms with Crippen LogP contribution in [0.3, 0.4) is 0 Å². The fourth-order valence-electron chi connectivity index (χ4n) is 1.68. The van der Waals surface area contributed by atoms with E-state index in [0.29, 0.717) is 21.7 Å². The summed E-state index contributed by atoms with van der Waals surface area (Å²) in [5.41, 5.74) is 1.66. The maximum atomic E-state index is 6.16. The first-order valence-electron chi connectivity index (χ1n) is 4.69. The molecule has 0 bridgehead atoms. The standard InChI is InChI=1S/C10H11Cl2N3/c1-5(2)7-6(11)4-13-10-8(7)9(12)15(3)14-10/h4-5H,1-3H3. The van der Waals surface area contributed by atoms with Gasteiger partial charge < -0.3 is 0 Å². The molecule has 0 amide bonds. The second kappa shape index (κ2) is 3.65. The second-order valence-corrected chi connectivity index (χ2v) is 4.55. The van der Waals surface area contributed by atoms with E-state index in [-0.39, 0.29) is 0 Å². The van der Waals surface area contributed by atoms with Crippen LogP contribution in [0.4, 0.5) is 0 Å². The highest BCUT2D eigenvalue weighted by atomic mass is 35.5. The summed E-state index contributed by atoms with van der Waals surface area (Å²) in [6, 6.07) is 0. The number of halogens is 2. The molecule has 0 fully saturated rings. The summed E-state index contributed by atoms with van der Waals surface area (Å²) in [6.07, 6.45) is 1.63. The predicted molar refractivity (Wildman–Crippen MR) is 62.6 cm³/mol. The molecule has 80 valence electrons. The van der Waals surface area contributed by atoms with Gasteiger partial charge in [-0.3, -0.25) is 4.68 Å². The Morgan fingerprint density at radius 3 is 2.60 bits per heavy atom. The van der Waals surface area contributed by atoms with Crippen LogP contribution in [0.25, 0.3) is 11.0 Å². The third-order valence-electron chi connectivity index (χ3n) is 2.36. The van der Waals surface area contributed by atoms with Crippen molar-refractivity contribution in [2.45, 2.75) is 19.8 Å². The average molecular weight is 244 g/mol.